The average Bonchev–Trinajstić information content (AvgIpc) is 2.64. The van der Waals surface area contributed by atoms with E-state index in [2.05, 4.69) is 4.98 Å². The third-order valence-electron chi connectivity index (χ3n) is 3.70. The molecule has 0 bridgehead atoms. The fraction of sp³-hybridized carbons (Fsp3) is 0.235. The minimum absolute atomic E-state index is 0.0598. The van der Waals surface area contributed by atoms with Crippen molar-refractivity contribution in [2.45, 2.75) is 6.42 Å². The lowest BCUT2D eigenvalue weighted by atomic mass is 10.2. The Morgan fingerprint density at radius 3 is 2.77 bits per heavy atom. The van der Waals surface area contributed by atoms with Crippen molar-refractivity contribution in [3.05, 3.63) is 58.1 Å². The van der Waals surface area contributed by atoms with E-state index in [0.29, 0.717) is 6.42 Å². The quantitative estimate of drug-likeness (QED) is 0.437. The van der Waals surface area contributed by atoms with Crippen LogP contribution in [0.4, 0.5) is 11.6 Å². The lowest BCUT2D eigenvalue weighted by Crippen LogP contribution is -2.43. The summed E-state index contributed by atoms with van der Waals surface area (Å²) in [4.78, 5) is 39.1. The summed E-state index contributed by atoms with van der Waals surface area (Å²) in [6.07, 6.45) is 0.546. The molecular weight excluding hydrogens is 342 g/mol. The molecule has 0 radical (unpaired) electrons. The third-order valence-corrected chi connectivity index (χ3v) is 3.70. The van der Waals surface area contributed by atoms with Gasteiger partial charge in [0.1, 0.15) is 6.54 Å². The molecule has 0 saturated carbocycles. The van der Waals surface area contributed by atoms with E-state index < -0.39 is 29.2 Å². The van der Waals surface area contributed by atoms with Crippen LogP contribution in [0.2, 0.25) is 0 Å². The molecule has 9 nitrogen and oxygen atoms in total. The van der Waals surface area contributed by atoms with Crippen LogP contribution in [-0.4, -0.2) is 41.5 Å². The van der Waals surface area contributed by atoms with Gasteiger partial charge in [0.2, 0.25) is 0 Å². The Kier molecular flexibility index (Phi) is 5.07. The molecule has 1 amide bonds. The van der Waals surface area contributed by atoms with E-state index in [0.717, 1.165) is 10.5 Å². The highest BCUT2D eigenvalue weighted by Crippen LogP contribution is 2.31. The molecule has 0 fully saturated rings. The number of fused-ring (bicyclic) bond motifs is 1. The summed E-state index contributed by atoms with van der Waals surface area (Å²) < 4.78 is 10.3. The van der Waals surface area contributed by atoms with Crippen molar-refractivity contribution in [3.8, 4) is 5.75 Å². The van der Waals surface area contributed by atoms with Crippen molar-refractivity contribution >= 4 is 23.5 Å². The van der Waals surface area contributed by atoms with Gasteiger partial charge in [-0.25, -0.2) is 0 Å². The van der Waals surface area contributed by atoms with Gasteiger partial charge < -0.3 is 19.6 Å². The second-order valence-electron chi connectivity index (χ2n) is 5.47. The molecule has 3 rings (SSSR count). The Morgan fingerprint density at radius 1 is 1.27 bits per heavy atom. The van der Waals surface area contributed by atoms with Crippen molar-refractivity contribution < 1.29 is 24.0 Å². The molecule has 0 aliphatic carbocycles. The van der Waals surface area contributed by atoms with Gasteiger partial charge >= 0.3 is 11.8 Å². The lowest BCUT2D eigenvalue weighted by Gasteiger charge is -2.24. The number of hydrogen-bond acceptors (Lipinski definition) is 7. The maximum atomic E-state index is 12.1. The predicted molar refractivity (Wildman–Crippen MR) is 89.8 cm³/mol. The first-order chi connectivity index (χ1) is 12.5. The van der Waals surface area contributed by atoms with Crippen LogP contribution >= 0.6 is 0 Å². The fourth-order valence-corrected chi connectivity index (χ4v) is 2.43. The predicted octanol–water partition coefficient (Wildman–Crippen LogP) is 1.50. The van der Waals surface area contributed by atoms with Gasteiger partial charge in [0.25, 0.3) is 11.7 Å². The summed E-state index contributed by atoms with van der Waals surface area (Å²) in [7, 11) is 0. The van der Waals surface area contributed by atoms with Crippen LogP contribution in [-0.2, 0) is 20.7 Å². The van der Waals surface area contributed by atoms with Crippen LogP contribution < -0.4 is 9.64 Å². The number of nitro groups is 1. The molecule has 1 aliphatic heterocycles. The molecule has 1 aromatic heterocycles. The third kappa shape index (κ3) is 3.94. The molecule has 26 heavy (non-hydrogen) atoms. The standard InChI is InChI=1S/C17H15N3O6/c21-15-11-26-13-6-7-14(20(23)24)18-17(13)19(15)10-16(22)25-9-8-12-4-2-1-3-5-12/h1-7H,8-11H2. The number of benzene rings is 1. The van der Waals surface area contributed by atoms with E-state index >= 15 is 0 Å². The molecule has 2 heterocycles. The van der Waals surface area contributed by atoms with E-state index in [4.69, 9.17) is 9.47 Å². The topological polar surface area (TPSA) is 112 Å². The summed E-state index contributed by atoms with van der Waals surface area (Å²) in [5.41, 5.74) is 1.02. The summed E-state index contributed by atoms with van der Waals surface area (Å²) in [6, 6.07) is 12.0. The molecule has 1 aromatic carbocycles. The van der Waals surface area contributed by atoms with Crippen LogP contribution in [0.25, 0.3) is 0 Å². The number of pyridine rings is 1. The second-order valence-corrected chi connectivity index (χ2v) is 5.47. The first kappa shape index (κ1) is 17.3. The maximum absolute atomic E-state index is 12.1. The molecule has 2 aromatic rings. The van der Waals surface area contributed by atoms with Crippen molar-refractivity contribution in [2.24, 2.45) is 0 Å². The molecule has 0 spiro atoms. The minimum Gasteiger partial charge on any atom is -0.477 e. The number of nitrogens with zero attached hydrogens (tertiary/aromatic N) is 3. The van der Waals surface area contributed by atoms with E-state index in [1.54, 1.807) is 0 Å². The molecule has 0 saturated heterocycles. The lowest BCUT2D eigenvalue weighted by molar-refractivity contribution is -0.389. The Morgan fingerprint density at radius 2 is 2.04 bits per heavy atom. The molecule has 0 N–H and O–H groups in total. The van der Waals surface area contributed by atoms with E-state index in [-0.39, 0.29) is 24.8 Å². The fourth-order valence-electron chi connectivity index (χ4n) is 2.43. The summed E-state index contributed by atoms with van der Waals surface area (Å²) in [5, 5.41) is 10.9. The van der Waals surface area contributed by atoms with Gasteiger partial charge in [0.05, 0.1) is 6.61 Å². The van der Waals surface area contributed by atoms with Crippen molar-refractivity contribution in [1.82, 2.24) is 4.98 Å². The molecule has 134 valence electrons. The van der Waals surface area contributed by atoms with Crippen molar-refractivity contribution in [3.63, 3.8) is 0 Å². The SMILES string of the molecule is O=C(CN1C(=O)COc2ccc([N+](=O)[O-])nc21)OCCc1ccccc1. The summed E-state index contributed by atoms with van der Waals surface area (Å²) >= 11 is 0. The number of rotatable bonds is 6. The number of ether oxygens (including phenoxy) is 2. The smallest absolute Gasteiger partial charge is 0.366 e. The summed E-state index contributed by atoms with van der Waals surface area (Å²) in [6.45, 7) is -0.501. The van der Waals surface area contributed by atoms with Crippen LogP contribution in [0, 0.1) is 10.1 Å². The van der Waals surface area contributed by atoms with Crippen LogP contribution in [0.1, 0.15) is 5.56 Å². The van der Waals surface area contributed by atoms with Gasteiger partial charge in [0, 0.05) is 12.5 Å². The largest absolute Gasteiger partial charge is 0.477 e. The Balaban J connectivity index is 1.65. The number of aromatic nitrogens is 1. The van der Waals surface area contributed by atoms with E-state index in [9.17, 15) is 19.7 Å². The van der Waals surface area contributed by atoms with Gasteiger partial charge in [-0.15, -0.1) is 0 Å². The van der Waals surface area contributed by atoms with Gasteiger partial charge in [-0.2, -0.15) is 0 Å². The van der Waals surface area contributed by atoms with Crippen LogP contribution in [0.15, 0.2) is 42.5 Å². The first-order valence-electron chi connectivity index (χ1n) is 7.83. The molecule has 0 unspecified atom stereocenters. The van der Waals surface area contributed by atoms with Crippen molar-refractivity contribution in [2.75, 3.05) is 24.7 Å². The van der Waals surface area contributed by atoms with Gasteiger partial charge in [-0.3, -0.25) is 14.5 Å². The van der Waals surface area contributed by atoms with Gasteiger partial charge in [-0.1, -0.05) is 30.3 Å². The highest BCUT2D eigenvalue weighted by Gasteiger charge is 2.33. The molecular formula is C17H15N3O6. The molecule has 0 atom stereocenters. The Bertz CT molecular complexity index is 840. The number of esters is 1. The summed E-state index contributed by atoms with van der Waals surface area (Å²) in [5.74, 6) is -1.45. The van der Waals surface area contributed by atoms with Gasteiger partial charge in [-0.05, 0) is 21.5 Å². The molecule has 1 aliphatic rings. The monoisotopic (exact) mass is 357 g/mol. The zero-order valence-electron chi connectivity index (χ0n) is 13.7. The average molecular weight is 357 g/mol. The molecule has 9 heteroatoms. The Labute approximate surface area is 148 Å². The van der Waals surface area contributed by atoms with Crippen molar-refractivity contribution in [1.29, 1.82) is 0 Å². The highest BCUT2D eigenvalue weighted by atomic mass is 16.6. The van der Waals surface area contributed by atoms with E-state index in [1.165, 1.54) is 12.1 Å². The normalized spacial score (nSPS) is 12.9. The first-order valence-corrected chi connectivity index (χ1v) is 7.83. The maximum Gasteiger partial charge on any atom is 0.366 e. The minimum atomic E-state index is -0.685. The highest BCUT2D eigenvalue weighted by molar-refractivity contribution is 6.00. The number of hydrogen-bond donors (Lipinski definition) is 0. The zero-order chi connectivity index (χ0) is 18.5. The zero-order valence-corrected chi connectivity index (χ0v) is 13.7. The number of carbonyl (C=O) groups is 2. The van der Waals surface area contributed by atoms with E-state index in [1.807, 2.05) is 30.3 Å². The van der Waals surface area contributed by atoms with Crippen LogP contribution in [0.5, 0.6) is 5.75 Å². The van der Waals surface area contributed by atoms with Gasteiger partial charge in [0.15, 0.2) is 12.4 Å². The Hall–Kier alpha value is -3.49. The number of anilines is 1. The number of carbonyl (C=O) groups excluding carboxylic acids is 2. The second kappa shape index (κ2) is 7.60. The van der Waals surface area contributed by atoms with Crippen LogP contribution in [0.3, 0.4) is 0 Å². The number of amides is 1.